The normalized spacial score (nSPS) is 12.5. The summed E-state index contributed by atoms with van der Waals surface area (Å²) in [6.07, 6.45) is 1.10. The van der Waals surface area contributed by atoms with E-state index in [4.69, 9.17) is 15.6 Å². The Morgan fingerprint density at radius 1 is 1.26 bits per heavy atom. The Labute approximate surface area is 180 Å². The van der Waals surface area contributed by atoms with Gasteiger partial charge in [0.05, 0.1) is 25.9 Å². The lowest BCUT2D eigenvalue weighted by Crippen LogP contribution is -2.30. The highest BCUT2D eigenvalue weighted by Crippen LogP contribution is 2.19. The molecule has 3 rings (SSSR count). The largest absolute Gasteiger partial charge is 0.463 e. The zero-order chi connectivity index (χ0) is 22.4. The van der Waals surface area contributed by atoms with Crippen LogP contribution in [-0.2, 0) is 13.1 Å². The molecule has 168 valence electrons. The molecule has 10 nitrogen and oxygen atoms in total. The van der Waals surface area contributed by atoms with E-state index in [0.717, 1.165) is 24.0 Å². The van der Waals surface area contributed by atoms with Gasteiger partial charge in [-0.05, 0) is 24.6 Å². The lowest BCUT2D eigenvalue weighted by Gasteiger charge is -2.19. The number of nitrogens with two attached hydrogens (primary N) is 1. The number of nitrogens with one attached hydrogen (secondary N) is 1. The van der Waals surface area contributed by atoms with E-state index in [1.54, 1.807) is 0 Å². The summed E-state index contributed by atoms with van der Waals surface area (Å²) in [4.78, 5) is 25.7. The van der Waals surface area contributed by atoms with Crippen LogP contribution in [0.15, 0.2) is 29.1 Å². The fourth-order valence-corrected chi connectivity index (χ4v) is 3.28. The summed E-state index contributed by atoms with van der Waals surface area (Å²) < 4.78 is 7.08. The lowest BCUT2D eigenvalue weighted by atomic mass is 10.1. The van der Waals surface area contributed by atoms with E-state index in [1.165, 1.54) is 4.57 Å². The molecule has 0 spiro atoms. The van der Waals surface area contributed by atoms with Gasteiger partial charge < -0.3 is 25.7 Å². The average molecular weight is 431 g/mol. The van der Waals surface area contributed by atoms with Gasteiger partial charge in [-0.15, -0.1) is 0 Å². The van der Waals surface area contributed by atoms with Crippen molar-refractivity contribution in [2.75, 3.05) is 32.5 Å². The molecule has 1 atom stereocenters. The number of hydrogen-bond donors (Lipinski definition) is 4. The number of benzene rings is 1. The van der Waals surface area contributed by atoms with Crippen molar-refractivity contribution in [3.63, 3.8) is 0 Å². The number of unbranched alkanes of at least 4 members (excludes halogenated alkanes) is 1. The predicted octanol–water partition coefficient (Wildman–Crippen LogP) is 0.714. The second-order valence-electron chi connectivity index (χ2n) is 7.66. The Morgan fingerprint density at radius 3 is 2.65 bits per heavy atom. The molecule has 0 aliphatic heterocycles. The highest BCUT2D eigenvalue weighted by Gasteiger charge is 2.15. The molecule has 1 unspecified atom stereocenters. The Kier molecular flexibility index (Phi) is 7.61. The van der Waals surface area contributed by atoms with E-state index in [2.05, 4.69) is 21.9 Å². The highest BCUT2D eigenvalue weighted by molar-refractivity contribution is 5.81. The molecule has 0 amide bonds. The summed E-state index contributed by atoms with van der Waals surface area (Å²) >= 11 is 0. The number of aliphatic hydroxyl groups excluding tert-OH is 2. The fourth-order valence-electron chi connectivity index (χ4n) is 3.28. The first-order valence-electron chi connectivity index (χ1n) is 10.3. The van der Waals surface area contributed by atoms with Crippen LogP contribution in [0.25, 0.3) is 11.2 Å². The first-order chi connectivity index (χ1) is 14.9. The molecular weight excluding hydrogens is 400 g/mol. The molecule has 0 saturated carbocycles. The molecule has 0 radical (unpaired) electrons. The first kappa shape index (κ1) is 22.7. The van der Waals surface area contributed by atoms with Gasteiger partial charge in [-0.25, -0.2) is 4.79 Å². The maximum Gasteiger partial charge on any atom is 0.328 e. The second-order valence-corrected chi connectivity index (χ2v) is 7.66. The topological polar surface area (TPSA) is 143 Å². The van der Waals surface area contributed by atoms with E-state index in [0.29, 0.717) is 37.4 Å². The molecular formula is C21H30N6O4. The Hall–Kier alpha value is -2.95. The molecule has 3 aromatic rings. The van der Waals surface area contributed by atoms with Crippen molar-refractivity contribution in [3.05, 3.63) is 45.9 Å². The monoisotopic (exact) mass is 430 g/mol. The minimum absolute atomic E-state index is 0.162. The Morgan fingerprint density at radius 2 is 1.97 bits per heavy atom. The third kappa shape index (κ3) is 5.81. The maximum absolute atomic E-state index is 12.5. The number of anilines is 1. The van der Waals surface area contributed by atoms with Crippen LogP contribution in [-0.4, -0.2) is 67.5 Å². The molecule has 2 aromatic heterocycles. The summed E-state index contributed by atoms with van der Waals surface area (Å²) in [5.41, 5.74) is 8.47. The van der Waals surface area contributed by atoms with Crippen LogP contribution in [0.2, 0.25) is 0 Å². The first-order valence-corrected chi connectivity index (χ1v) is 10.3. The van der Waals surface area contributed by atoms with Crippen LogP contribution in [0.3, 0.4) is 0 Å². The van der Waals surface area contributed by atoms with Crippen molar-refractivity contribution >= 4 is 17.0 Å². The van der Waals surface area contributed by atoms with Gasteiger partial charge in [-0.1, -0.05) is 37.6 Å². The van der Waals surface area contributed by atoms with Gasteiger partial charge in [0.2, 0.25) is 0 Å². The van der Waals surface area contributed by atoms with Crippen LogP contribution in [0.4, 0.5) is 5.82 Å². The molecule has 0 fully saturated rings. The standard InChI is InChI=1S/C21H30N6O4/c1-3-4-9-31-20-24-18(22)17-19(25-20)27(21(30)23-17)11-15-7-5-14(6-8-15)10-26(2)12-16(29)13-28/h5-8,16,28-29H,3-4,9-13H2,1-2H3,(H,23,30)(H2,22,24,25). The summed E-state index contributed by atoms with van der Waals surface area (Å²) in [6.45, 7) is 3.62. The van der Waals surface area contributed by atoms with Gasteiger partial charge in [-0.2, -0.15) is 9.97 Å². The molecule has 31 heavy (non-hydrogen) atoms. The average Bonchev–Trinajstić information content (AvgIpc) is 3.05. The number of nitrogen functional groups attached to an aromatic ring is 1. The molecule has 0 saturated heterocycles. The molecule has 0 bridgehead atoms. The number of ether oxygens (including phenoxy) is 1. The number of rotatable bonds is 11. The van der Waals surface area contributed by atoms with Crippen molar-refractivity contribution in [3.8, 4) is 6.01 Å². The quantitative estimate of drug-likeness (QED) is 0.326. The minimum Gasteiger partial charge on any atom is -0.463 e. The predicted molar refractivity (Wildman–Crippen MR) is 118 cm³/mol. The van der Waals surface area contributed by atoms with Gasteiger partial charge in [0.25, 0.3) is 0 Å². The molecule has 5 N–H and O–H groups in total. The van der Waals surface area contributed by atoms with Crippen LogP contribution in [0.1, 0.15) is 30.9 Å². The van der Waals surface area contributed by atoms with Crippen molar-refractivity contribution in [1.82, 2.24) is 24.4 Å². The third-order valence-corrected chi connectivity index (χ3v) is 4.91. The van der Waals surface area contributed by atoms with Gasteiger partial charge in [0, 0.05) is 13.1 Å². The molecule has 0 aliphatic carbocycles. The van der Waals surface area contributed by atoms with Gasteiger partial charge in [0.1, 0.15) is 5.52 Å². The third-order valence-electron chi connectivity index (χ3n) is 4.91. The molecule has 2 heterocycles. The highest BCUT2D eigenvalue weighted by atomic mass is 16.5. The number of likely N-dealkylation sites (N-methyl/N-ethyl adjacent to an activating group) is 1. The lowest BCUT2D eigenvalue weighted by molar-refractivity contribution is 0.0648. The summed E-state index contributed by atoms with van der Waals surface area (Å²) in [5.74, 6) is 0.177. The zero-order valence-electron chi connectivity index (χ0n) is 17.9. The van der Waals surface area contributed by atoms with E-state index >= 15 is 0 Å². The summed E-state index contributed by atoms with van der Waals surface area (Å²) in [7, 11) is 1.88. The number of aromatic amines is 1. The summed E-state index contributed by atoms with van der Waals surface area (Å²) in [5, 5.41) is 18.5. The minimum atomic E-state index is -0.761. The number of aliphatic hydroxyl groups is 2. The van der Waals surface area contributed by atoms with E-state index in [1.807, 2.05) is 36.2 Å². The van der Waals surface area contributed by atoms with Crippen LogP contribution >= 0.6 is 0 Å². The Bertz CT molecular complexity index is 1050. The van der Waals surface area contributed by atoms with E-state index in [9.17, 15) is 9.90 Å². The number of H-pyrrole nitrogens is 1. The van der Waals surface area contributed by atoms with Crippen molar-refractivity contribution in [2.45, 2.75) is 39.0 Å². The van der Waals surface area contributed by atoms with Crippen molar-refractivity contribution in [1.29, 1.82) is 0 Å². The number of aromatic nitrogens is 4. The maximum atomic E-state index is 12.5. The Balaban J connectivity index is 1.76. The SMILES string of the molecule is CCCCOc1nc(N)c2[nH]c(=O)n(Cc3ccc(CN(C)CC(O)CO)cc3)c2n1. The van der Waals surface area contributed by atoms with E-state index in [-0.39, 0.29) is 24.1 Å². The number of fused-ring (bicyclic) bond motifs is 1. The van der Waals surface area contributed by atoms with Crippen LogP contribution < -0.4 is 16.2 Å². The van der Waals surface area contributed by atoms with Crippen molar-refractivity contribution in [2.24, 2.45) is 0 Å². The molecule has 1 aromatic carbocycles. The van der Waals surface area contributed by atoms with Gasteiger partial charge in [-0.3, -0.25) is 9.47 Å². The summed E-state index contributed by atoms with van der Waals surface area (Å²) in [6, 6.07) is 7.99. The molecule has 0 aliphatic rings. The van der Waals surface area contributed by atoms with Crippen LogP contribution in [0, 0.1) is 0 Å². The fraction of sp³-hybridized carbons (Fsp3) is 0.476. The van der Waals surface area contributed by atoms with Gasteiger partial charge >= 0.3 is 11.7 Å². The van der Waals surface area contributed by atoms with Crippen LogP contribution in [0.5, 0.6) is 6.01 Å². The second kappa shape index (κ2) is 10.4. The zero-order valence-corrected chi connectivity index (χ0v) is 17.9. The smallest absolute Gasteiger partial charge is 0.328 e. The number of imidazole rings is 1. The van der Waals surface area contributed by atoms with Gasteiger partial charge in [0.15, 0.2) is 11.5 Å². The number of nitrogens with zero attached hydrogens (tertiary/aromatic N) is 4. The van der Waals surface area contributed by atoms with E-state index < -0.39 is 6.10 Å². The number of hydrogen-bond acceptors (Lipinski definition) is 8. The van der Waals surface area contributed by atoms with Crippen molar-refractivity contribution < 1.29 is 14.9 Å². The molecule has 10 heteroatoms.